The molecule has 0 N–H and O–H groups in total. The van der Waals surface area contributed by atoms with Gasteiger partial charge in [0.05, 0.1) is 10.4 Å². The van der Waals surface area contributed by atoms with Crippen molar-refractivity contribution in [2.75, 3.05) is 0 Å². The van der Waals surface area contributed by atoms with Gasteiger partial charge < -0.3 is 0 Å². The normalized spacial score (nSPS) is 8.67. The van der Waals surface area contributed by atoms with Gasteiger partial charge in [-0.15, -0.1) is 28.3 Å². The van der Waals surface area contributed by atoms with Gasteiger partial charge in [-0.2, -0.15) is 0 Å². The lowest BCUT2D eigenvalue weighted by molar-refractivity contribution is 1.38. The van der Waals surface area contributed by atoms with E-state index in [1.807, 2.05) is 0 Å². The molecule has 1 aromatic rings. The molecule has 0 saturated carbocycles. The van der Waals surface area contributed by atoms with Crippen LogP contribution in [0.5, 0.6) is 0 Å². The molecule has 0 spiro atoms. The molecule has 1 rings (SSSR count). The minimum absolute atomic E-state index is 0. The van der Waals surface area contributed by atoms with Crippen molar-refractivity contribution in [1.82, 2.24) is 4.98 Å². The van der Waals surface area contributed by atoms with E-state index in [1.165, 1.54) is 0 Å². The van der Waals surface area contributed by atoms with Crippen LogP contribution in [-0.2, 0) is 5.33 Å². The summed E-state index contributed by atoms with van der Waals surface area (Å²) in [6, 6.07) is 0. The van der Waals surface area contributed by atoms with Crippen LogP contribution in [-0.4, -0.2) is 4.98 Å². The summed E-state index contributed by atoms with van der Waals surface area (Å²) in [6.45, 7) is 0. The zero-order valence-corrected chi connectivity index (χ0v) is 9.18. The molecule has 0 atom stereocenters. The van der Waals surface area contributed by atoms with Gasteiger partial charge >= 0.3 is 0 Å². The summed E-state index contributed by atoms with van der Waals surface area (Å²) in [7, 11) is 0. The van der Waals surface area contributed by atoms with E-state index in [-0.39, 0.29) is 17.0 Å². The largest absolute Gasteiger partial charge is 0.233 e. The second-order valence-corrected chi connectivity index (χ2v) is 3.06. The van der Waals surface area contributed by atoms with E-state index in [1.54, 1.807) is 16.8 Å². The molecule has 0 amide bonds. The molecule has 0 radical (unpaired) electrons. The molecule has 0 aliphatic carbocycles. The molecule has 0 saturated heterocycles. The lowest BCUT2D eigenvalue weighted by Gasteiger charge is -1.81. The Morgan fingerprint density at radius 3 is 2.67 bits per heavy atom. The Balaban J connectivity index is 0.000000640. The molecule has 1 heterocycles. The fourth-order valence-corrected chi connectivity index (χ4v) is 1.97. The SMILES string of the molecule is Br.Clc1ncsc1CBr. The third-order valence-corrected chi connectivity index (χ3v) is 2.92. The average Bonchev–Trinajstić information content (AvgIpc) is 2.14. The second-order valence-electron chi connectivity index (χ2n) is 1.20. The molecule has 5 heteroatoms. The first-order valence-corrected chi connectivity index (χ1v) is 4.36. The zero-order chi connectivity index (χ0) is 5.98. The van der Waals surface area contributed by atoms with Crippen molar-refractivity contribution in [3.63, 3.8) is 0 Å². The molecule has 0 aliphatic rings. The van der Waals surface area contributed by atoms with Crippen molar-refractivity contribution in [2.45, 2.75) is 5.33 Å². The lowest BCUT2D eigenvalue weighted by atomic mass is 10.6. The Hall–Kier alpha value is 0.880. The van der Waals surface area contributed by atoms with Crippen LogP contribution in [0.2, 0.25) is 5.15 Å². The van der Waals surface area contributed by atoms with E-state index < -0.39 is 0 Å². The summed E-state index contributed by atoms with van der Waals surface area (Å²) in [4.78, 5) is 4.93. The van der Waals surface area contributed by atoms with E-state index >= 15 is 0 Å². The van der Waals surface area contributed by atoms with Crippen molar-refractivity contribution in [2.24, 2.45) is 0 Å². The van der Waals surface area contributed by atoms with Gasteiger partial charge in [-0.05, 0) is 0 Å². The van der Waals surface area contributed by atoms with Crippen LogP contribution in [0.25, 0.3) is 0 Å². The Morgan fingerprint density at radius 2 is 2.44 bits per heavy atom. The van der Waals surface area contributed by atoms with E-state index in [9.17, 15) is 0 Å². The van der Waals surface area contributed by atoms with Crippen molar-refractivity contribution in [3.8, 4) is 0 Å². The molecular weight excluding hydrogens is 289 g/mol. The van der Waals surface area contributed by atoms with Crippen molar-refractivity contribution >= 4 is 55.8 Å². The molecule has 1 nitrogen and oxygen atoms in total. The number of alkyl halides is 1. The zero-order valence-electron chi connectivity index (χ0n) is 4.30. The van der Waals surface area contributed by atoms with Gasteiger partial charge in [-0.1, -0.05) is 27.5 Å². The summed E-state index contributed by atoms with van der Waals surface area (Å²) in [5.74, 6) is 0. The van der Waals surface area contributed by atoms with Crippen LogP contribution in [0.4, 0.5) is 0 Å². The highest BCUT2D eigenvalue weighted by molar-refractivity contribution is 9.08. The maximum Gasteiger partial charge on any atom is 0.143 e. The summed E-state index contributed by atoms with van der Waals surface area (Å²) < 4.78 is 0. The predicted molar refractivity (Wildman–Crippen MR) is 50.1 cm³/mol. The van der Waals surface area contributed by atoms with Crippen LogP contribution in [0.15, 0.2) is 5.51 Å². The Morgan fingerprint density at radius 1 is 1.78 bits per heavy atom. The van der Waals surface area contributed by atoms with Crippen LogP contribution in [0, 0.1) is 0 Å². The average molecular weight is 293 g/mol. The van der Waals surface area contributed by atoms with E-state index in [4.69, 9.17) is 11.6 Å². The van der Waals surface area contributed by atoms with Gasteiger partial charge in [0.15, 0.2) is 0 Å². The number of hydrogen-bond acceptors (Lipinski definition) is 2. The maximum absolute atomic E-state index is 5.61. The van der Waals surface area contributed by atoms with Crippen molar-refractivity contribution in [3.05, 3.63) is 15.5 Å². The maximum atomic E-state index is 5.61. The third-order valence-electron chi connectivity index (χ3n) is 0.712. The van der Waals surface area contributed by atoms with Gasteiger partial charge in [-0.3, -0.25) is 0 Å². The monoisotopic (exact) mass is 291 g/mol. The summed E-state index contributed by atoms with van der Waals surface area (Å²) in [5, 5.41) is 1.42. The Kier molecular flexibility index (Phi) is 5.11. The lowest BCUT2D eigenvalue weighted by Crippen LogP contribution is -1.67. The first-order valence-electron chi connectivity index (χ1n) is 1.98. The van der Waals surface area contributed by atoms with Crippen molar-refractivity contribution < 1.29 is 0 Å². The van der Waals surface area contributed by atoms with Gasteiger partial charge in [-0.25, -0.2) is 4.98 Å². The number of hydrogen-bond donors (Lipinski definition) is 0. The minimum Gasteiger partial charge on any atom is -0.233 e. The highest BCUT2D eigenvalue weighted by Gasteiger charge is 1.98. The van der Waals surface area contributed by atoms with Crippen LogP contribution < -0.4 is 0 Å². The third kappa shape index (κ3) is 2.53. The number of thiazole rings is 1. The van der Waals surface area contributed by atoms with E-state index in [2.05, 4.69) is 20.9 Å². The molecule has 9 heavy (non-hydrogen) atoms. The predicted octanol–water partition coefficient (Wildman–Crippen LogP) is 3.27. The standard InChI is InChI=1S/C4H3BrClNS.BrH/c5-1-3-4(6)7-2-8-3;/h2H,1H2;1H. The first kappa shape index (κ1) is 9.88. The fraction of sp³-hybridized carbons (Fsp3) is 0.250. The summed E-state index contributed by atoms with van der Waals surface area (Å²) >= 11 is 10.4. The van der Waals surface area contributed by atoms with Crippen LogP contribution in [0.1, 0.15) is 4.88 Å². The molecule has 0 fully saturated rings. The molecule has 0 aliphatic heterocycles. The Bertz CT molecular complexity index is 179. The number of aromatic nitrogens is 1. The summed E-state index contributed by atoms with van der Waals surface area (Å²) in [5.41, 5.74) is 1.74. The second kappa shape index (κ2) is 4.66. The summed E-state index contributed by atoms with van der Waals surface area (Å²) in [6.07, 6.45) is 0. The van der Waals surface area contributed by atoms with Gasteiger partial charge in [0.1, 0.15) is 5.15 Å². The van der Waals surface area contributed by atoms with E-state index in [0.717, 1.165) is 10.2 Å². The molecule has 52 valence electrons. The fourth-order valence-electron chi connectivity index (χ4n) is 0.343. The van der Waals surface area contributed by atoms with E-state index in [0.29, 0.717) is 5.15 Å². The first-order chi connectivity index (χ1) is 3.84. The topological polar surface area (TPSA) is 12.9 Å². The highest BCUT2D eigenvalue weighted by atomic mass is 79.9. The molecule has 1 aromatic heterocycles. The quantitative estimate of drug-likeness (QED) is 0.724. The molecular formula is C4H4Br2ClNS. The molecule has 0 bridgehead atoms. The van der Waals surface area contributed by atoms with Gasteiger partial charge in [0.25, 0.3) is 0 Å². The number of rotatable bonds is 1. The smallest absolute Gasteiger partial charge is 0.143 e. The highest BCUT2D eigenvalue weighted by Crippen LogP contribution is 2.20. The Labute approximate surface area is 81.3 Å². The van der Waals surface area contributed by atoms with Crippen molar-refractivity contribution in [1.29, 1.82) is 0 Å². The van der Waals surface area contributed by atoms with Gasteiger partial charge in [0.2, 0.25) is 0 Å². The minimum atomic E-state index is 0. The molecule has 0 aromatic carbocycles. The number of halogens is 3. The van der Waals surface area contributed by atoms with Crippen LogP contribution in [0.3, 0.4) is 0 Å². The van der Waals surface area contributed by atoms with Crippen LogP contribution >= 0.6 is 55.8 Å². The number of nitrogens with zero attached hydrogens (tertiary/aromatic N) is 1. The van der Waals surface area contributed by atoms with Gasteiger partial charge in [0, 0.05) is 5.33 Å². The molecule has 0 unspecified atom stereocenters.